The number of rotatable bonds is 15. The molecule has 0 aliphatic heterocycles. The average molecular weight is 395 g/mol. The lowest BCUT2D eigenvalue weighted by molar-refractivity contribution is 0.272. The van der Waals surface area contributed by atoms with Gasteiger partial charge in [0.2, 0.25) is 0 Å². The summed E-state index contributed by atoms with van der Waals surface area (Å²) in [5.41, 5.74) is 2.77. The minimum atomic E-state index is 0.257. The van der Waals surface area contributed by atoms with Gasteiger partial charge in [0, 0.05) is 13.2 Å². The highest BCUT2D eigenvalue weighted by Gasteiger charge is 2.11. The van der Waals surface area contributed by atoms with E-state index >= 15 is 0 Å². The molecule has 2 heteroatoms. The maximum atomic E-state index is 9.37. The van der Waals surface area contributed by atoms with E-state index in [1.54, 1.807) is 0 Å². The molecular weight excluding hydrogens is 356 g/mol. The summed E-state index contributed by atoms with van der Waals surface area (Å²) in [5, 5.41) is 18.4. The van der Waals surface area contributed by atoms with Crippen molar-refractivity contribution in [2.45, 2.75) is 69.6 Å². The van der Waals surface area contributed by atoms with Crippen LogP contribution < -0.4 is 0 Å². The molecule has 0 aromatic heterocycles. The van der Waals surface area contributed by atoms with Crippen LogP contribution in [0.3, 0.4) is 0 Å². The normalized spacial score (nSPS) is 13.6. The van der Waals surface area contributed by atoms with E-state index in [9.17, 15) is 5.11 Å². The molecule has 0 heterocycles. The van der Waals surface area contributed by atoms with Crippen molar-refractivity contribution in [3.05, 3.63) is 83.9 Å². The fourth-order valence-electron chi connectivity index (χ4n) is 4.08. The Kier molecular flexibility index (Phi) is 12.1. The third kappa shape index (κ3) is 9.43. The lowest BCUT2D eigenvalue weighted by Crippen LogP contribution is -2.01. The predicted molar refractivity (Wildman–Crippen MR) is 123 cm³/mol. The number of unbranched alkanes of at least 4 members (excludes halogenated alkanes) is 2. The van der Waals surface area contributed by atoms with Crippen molar-refractivity contribution in [1.29, 1.82) is 0 Å². The lowest BCUT2D eigenvalue weighted by Gasteiger charge is -2.16. The second-order valence-electron chi connectivity index (χ2n) is 7.93. The molecule has 0 fully saturated rings. The van der Waals surface area contributed by atoms with Gasteiger partial charge in [-0.15, -0.1) is 0 Å². The van der Waals surface area contributed by atoms with Crippen molar-refractivity contribution in [3.63, 3.8) is 0 Å². The minimum Gasteiger partial charge on any atom is -0.396 e. The van der Waals surface area contributed by atoms with Crippen LogP contribution in [0.25, 0.3) is 0 Å². The molecule has 0 radical (unpaired) electrons. The van der Waals surface area contributed by atoms with E-state index in [1.165, 1.54) is 17.5 Å². The van der Waals surface area contributed by atoms with E-state index in [4.69, 9.17) is 5.11 Å². The molecule has 2 aromatic rings. The maximum absolute atomic E-state index is 9.37. The molecule has 2 unspecified atom stereocenters. The number of aliphatic hydroxyl groups is 2. The zero-order valence-electron chi connectivity index (χ0n) is 17.8. The molecule has 0 amide bonds. The van der Waals surface area contributed by atoms with Crippen LogP contribution in [0.15, 0.2) is 72.8 Å². The standard InChI is InChI=1S/C27H38O2/c28-22-13-12-20-25(24-15-8-4-9-16-24)14-6-2-1-3-7-19-27(21-23-29)26-17-10-5-11-18-26/h1-2,4-5,8-11,15-18,25,27-29H,3,6-7,12-14,19-23H2/b2-1+. The Morgan fingerprint density at radius 2 is 1.10 bits per heavy atom. The molecule has 0 bridgehead atoms. The van der Waals surface area contributed by atoms with E-state index in [0.717, 1.165) is 51.4 Å². The van der Waals surface area contributed by atoms with Gasteiger partial charge in [0.15, 0.2) is 0 Å². The van der Waals surface area contributed by atoms with Gasteiger partial charge in [0.1, 0.15) is 0 Å². The second kappa shape index (κ2) is 15.0. The number of aliphatic hydroxyl groups excluding tert-OH is 2. The molecular formula is C27H38O2. The molecule has 0 saturated carbocycles. The first kappa shape index (κ1) is 23.4. The van der Waals surface area contributed by atoms with Gasteiger partial charge in [-0.1, -0.05) is 79.2 Å². The van der Waals surface area contributed by atoms with Gasteiger partial charge in [-0.25, -0.2) is 0 Å². The van der Waals surface area contributed by atoms with Gasteiger partial charge in [-0.3, -0.25) is 0 Å². The van der Waals surface area contributed by atoms with Crippen LogP contribution in [0.5, 0.6) is 0 Å². The number of hydrogen-bond donors (Lipinski definition) is 2. The summed E-state index contributed by atoms with van der Waals surface area (Å²) in [6.45, 7) is 0.550. The van der Waals surface area contributed by atoms with Gasteiger partial charge >= 0.3 is 0 Å². The molecule has 0 spiro atoms. The van der Waals surface area contributed by atoms with Crippen LogP contribution >= 0.6 is 0 Å². The molecule has 0 aliphatic carbocycles. The van der Waals surface area contributed by atoms with Gasteiger partial charge in [-0.2, -0.15) is 0 Å². The van der Waals surface area contributed by atoms with Crippen molar-refractivity contribution in [2.75, 3.05) is 13.2 Å². The summed E-state index contributed by atoms with van der Waals surface area (Å²) in [5.74, 6) is 1.04. The predicted octanol–water partition coefficient (Wildman–Crippen LogP) is 6.61. The van der Waals surface area contributed by atoms with Gasteiger partial charge < -0.3 is 10.2 Å². The summed E-state index contributed by atoms with van der Waals surface area (Å²) in [7, 11) is 0. The quantitative estimate of drug-likeness (QED) is 0.264. The van der Waals surface area contributed by atoms with Crippen molar-refractivity contribution in [2.24, 2.45) is 0 Å². The molecule has 2 rings (SSSR count). The third-order valence-corrected chi connectivity index (χ3v) is 5.75. The van der Waals surface area contributed by atoms with Gasteiger partial charge in [0.05, 0.1) is 0 Å². The van der Waals surface area contributed by atoms with Crippen LogP contribution in [0.2, 0.25) is 0 Å². The summed E-state index contributed by atoms with van der Waals surface area (Å²) in [6.07, 6.45) is 14.3. The monoisotopic (exact) mass is 394 g/mol. The smallest absolute Gasteiger partial charge is 0.0436 e. The van der Waals surface area contributed by atoms with E-state index < -0.39 is 0 Å². The summed E-state index contributed by atoms with van der Waals surface area (Å²) >= 11 is 0. The highest BCUT2D eigenvalue weighted by molar-refractivity contribution is 5.20. The van der Waals surface area contributed by atoms with Gasteiger partial charge in [0.25, 0.3) is 0 Å². The number of allylic oxidation sites excluding steroid dienone is 2. The maximum Gasteiger partial charge on any atom is 0.0436 e. The highest BCUT2D eigenvalue weighted by Crippen LogP contribution is 2.28. The summed E-state index contributed by atoms with van der Waals surface area (Å²) in [4.78, 5) is 0. The molecule has 2 atom stereocenters. The summed E-state index contributed by atoms with van der Waals surface area (Å²) < 4.78 is 0. The molecule has 2 nitrogen and oxygen atoms in total. The Hall–Kier alpha value is -1.90. The van der Waals surface area contributed by atoms with Crippen molar-refractivity contribution in [3.8, 4) is 0 Å². The van der Waals surface area contributed by atoms with Crippen LogP contribution in [0, 0.1) is 0 Å². The van der Waals surface area contributed by atoms with Gasteiger partial charge in [-0.05, 0) is 74.3 Å². The lowest BCUT2D eigenvalue weighted by atomic mass is 9.89. The van der Waals surface area contributed by atoms with Crippen LogP contribution in [0.4, 0.5) is 0 Å². The van der Waals surface area contributed by atoms with Crippen LogP contribution in [-0.2, 0) is 0 Å². The first-order chi connectivity index (χ1) is 14.3. The Morgan fingerprint density at radius 1 is 0.552 bits per heavy atom. The fourth-order valence-corrected chi connectivity index (χ4v) is 4.08. The Bertz CT molecular complexity index is 651. The Labute approximate surface area is 177 Å². The summed E-state index contributed by atoms with van der Waals surface area (Å²) in [6, 6.07) is 21.4. The number of hydrogen-bond acceptors (Lipinski definition) is 2. The Balaban J connectivity index is 1.72. The van der Waals surface area contributed by atoms with E-state index in [0.29, 0.717) is 18.4 Å². The fraction of sp³-hybridized carbons (Fsp3) is 0.481. The first-order valence-electron chi connectivity index (χ1n) is 11.3. The van der Waals surface area contributed by atoms with Crippen LogP contribution in [-0.4, -0.2) is 23.4 Å². The SMILES string of the molecule is OCCCCC(CC/C=C/CCCC(CCO)c1ccccc1)c1ccccc1. The second-order valence-corrected chi connectivity index (χ2v) is 7.93. The van der Waals surface area contributed by atoms with Crippen molar-refractivity contribution in [1.82, 2.24) is 0 Å². The molecule has 2 aromatic carbocycles. The topological polar surface area (TPSA) is 40.5 Å². The zero-order chi connectivity index (χ0) is 20.6. The molecule has 0 aliphatic rings. The molecule has 2 N–H and O–H groups in total. The number of benzene rings is 2. The highest BCUT2D eigenvalue weighted by atomic mass is 16.3. The van der Waals surface area contributed by atoms with Crippen LogP contribution in [0.1, 0.15) is 80.8 Å². The minimum absolute atomic E-state index is 0.257. The largest absolute Gasteiger partial charge is 0.396 e. The zero-order valence-corrected chi connectivity index (χ0v) is 17.8. The first-order valence-corrected chi connectivity index (χ1v) is 11.3. The average Bonchev–Trinajstić information content (AvgIpc) is 2.77. The molecule has 158 valence electrons. The van der Waals surface area contributed by atoms with E-state index in [-0.39, 0.29) is 6.61 Å². The van der Waals surface area contributed by atoms with Crippen molar-refractivity contribution < 1.29 is 10.2 Å². The van der Waals surface area contributed by atoms with Crippen molar-refractivity contribution >= 4 is 0 Å². The molecule has 29 heavy (non-hydrogen) atoms. The third-order valence-electron chi connectivity index (χ3n) is 5.75. The van der Waals surface area contributed by atoms with E-state index in [1.807, 2.05) is 0 Å². The molecule has 0 saturated heterocycles. The van der Waals surface area contributed by atoms with E-state index in [2.05, 4.69) is 72.8 Å². The Morgan fingerprint density at radius 3 is 1.69 bits per heavy atom.